The highest BCUT2D eigenvalue weighted by molar-refractivity contribution is 7.89. The molecule has 0 N–H and O–H groups in total. The zero-order valence-corrected chi connectivity index (χ0v) is 19.9. The zero-order chi connectivity index (χ0) is 21.9. The summed E-state index contributed by atoms with van der Waals surface area (Å²) < 4.78 is 34.4. The van der Waals surface area contributed by atoms with Gasteiger partial charge in [-0.1, -0.05) is 26.0 Å². The average molecular weight is 467 g/mol. The summed E-state index contributed by atoms with van der Waals surface area (Å²) in [7, 11) is -1.57. The first-order chi connectivity index (χ1) is 14.3. The third-order valence-electron chi connectivity index (χ3n) is 5.00. The molecule has 0 spiro atoms. The highest BCUT2D eigenvalue weighted by Gasteiger charge is 2.23. The van der Waals surface area contributed by atoms with Gasteiger partial charge in [-0.3, -0.25) is 4.90 Å². The number of thiophene rings is 1. The van der Waals surface area contributed by atoms with Crippen molar-refractivity contribution < 1.29 is 12.8 Å². The molecule has 0 aliphatic heterocycles. The van der Waals surface area contributed by atoms with E-state index in [9.17, 15) is 8.42 Å². The topological polar surface area (TPSA) is 71.6 Å². The van der Waals surface area contributed by atoms with E-state index in [0.29, 0.717) is 31.2 Å². The molecule has 0 amide bonds. The Morgan fingerprint density at radius 1 is 1.23 bits per heavy atom. The van der Waals surface area contributed by atoms with Crippen LogP contribution < -0.4 is 0 Å². The molecule has 0 aliphatic rings. The van der Waals surface area contributed by atoms with Crippen molar-refractivity contribution in [3.63, 3.8) is 0 Å². The summed E-state index contributed by atoms with van der Waals surface area (Å²) in [5.74, 6) is 0.300. The quantitative estimate of drug-likeness (QED) is 0.429. The van der Waals surface area contributed by atoms with Crippen LogP contribution in [0.5, 0.6) is 0 Å². The molecule has 3 rings (SSSR count). The summed E-state index contributed by atoms with van der Waals surface area (Å²) in [6.45, 7) is 7.04. The molecule has 30 heavy (non-hydrogen) atoms. The predicted molar refractivity (Wildman–Crippen MR) is 121 cm³/mol. The van der Waals surface area contributed by atoms with Gasteiger partial charge in [-0.05, 0) is 55.8 Å². The molecule has 3 aromatic rings. The standard InChI is InChI=1S/C20H26N4O3S3/c1-5-23(6-2)30(25,26)17-10-7-9-16(13-17)19-21-24(20(28)27-19)14-22(4)15(3)18-11-8-12-29-18/h7-13,15H,5-6,14H2,1-4H3. The summed E-state index contributed by atoms with van der Waals surface area (Å²) in [5.41, 5.74) is 0.571. The molecule has 1 atom stereocenters. The fraction of sp³-hybridized carbons (Fsp3) is 0.400. The largest absolute Gasteiger partial charge is 0.409 e. The predicted octanol–water partition coefficient (Wildman–Crippen LogP) is 4.62. The van der Waals surface area contributed by atoms with Crippen molar-refractivity contribution in [1.82, 2.24) is 19.0 Å². The van der Waals surface area contributed by atoms with E-state index in [0.717, 1.165) is 0 Å². The first kappa shape index (κ1) is 22.8. The molecule has 0 saturated carbocycles. The lowest BCUT2D eigenvalue weighted by Gasteiger charge is -2.22. The summed E-state index contributed by atoms with van der Waals surface area (Å²) in [4.78, 5) is 3.83. The molecule has 0 bridgehead atoms. The van der Waals surface area contributed by atoms with Gasteiger partial charge in [-0.15, -0.1) is 16.4 Å². The van der Waals surface area contributed by atoms with Gasteiger partial charge in [0.1, 0.15) is 0 Å². The molecule has 0 fully saturated rings. The van der Waals surface area contributed by atoms with E-state index < -0.39 is 10.0 Å². The molecule has 162 valence electrons. The number of hydrogen-bond donors (Lipinski definition) is 0. The van der Waals surface area contributed by atoms with E-state index in [1.807, 2.05) is 27.0 Å². The van der Waals surface area contributed by atoms with Gasteiger partial charge < -0.3 is 4.42 Å². The molecule has 0 saturated heterocycles. The molecular weight excluding hydrogens is 440 g/mol. The second kappa shape index (κ2) is 9.52. The summed E-state index contributed by atoms with van der Waals surface area (Å²) in [6.07, 6.45) is 0. The second-order valence-electron chi connectivity index (χ2n) is 6.88. The van der Waals surface area contributed by atoms with Crippen molar-refractivity contribution in [2.24, 2.45) is 0 Å². The van der Waals surface area contributed by atoms with Gasteiger partial charge in [0.15, 0.2) is 0 Å². The Morgan fingerprint density at radius 2 is 1.97 bits per heavy atom. The van der Waals surface area contributed by atoms with Gasteiger partial charge >= 0.3 is 0 Å². The van der Waals surface area contributed by atoms with Gasteiger partial charge in [0.2, 0.25) is 15.9 Å². The van der Waals surface area contributed by atoms with Crippen LogP contribution in [0.1, 0.15) is 31.7 Å². The van der Waals surface area contributed by atoms with Gasteiger partial charge in [0.05, 0.1) is 11.6 Å². The van der Waals surface area contributed by atoms with Crippen molar-refractivity contribution in [2.45, 2.75) is 38.4 Å². The van der Waals surface area contributed by atoms with E-state index in [1.165, 1.54) is 9.18 Å². The molecular formula is C20H26N4O3S3. The van der Waals surface area contributed by atoms with Crippen LogP contribution in [-0.4, -0.2) is 47.5 Å². The number of sulfonamides is 1. The number of benzene rings is 1. The minimum Gasteiger partial charge on any atom is -0.409 e. The zero-order valence-electron chi connectivity index (χ0n) is 17.5. The second-order valence-corrected chi connectivity index (χ2v) is 10.1. The molecule has 7 nitrogen and oxygen atoms in total. The Morgan fingerprint density at radius 3 is 2.60 bits per heavy atom. The molecule has 2 aromatic heterocycles. The molecule has 1 aromatic carbocycles. The summed E-state index contributed by atoms with van der Waals surface area (Å²) in [5, 5.41) is 6.55. The lowest BCUT2D eigenvalue weighted by molar-refractivity contribution is 0.195. The maximum atomic E-state index is 12.8. The number of aromatic nitrogens is 2. The minimum atomic E-state index is -3.57. The van der Waals surface area contributed by atoms with Gasteiger partial charge in [0.25, 0.3) is 4.84 Å². The van der Waals surface area contributed by atoms with E-state index in [-0.39, 0.29) is 15.8 Å². The van der Waals surface area contributed by atoms with E-state index in [2.05, 4.69) is 28.4 Å². The summed E-state index contributed by atoms with van der Waals surface area (Å²) >= 11 is 7.05. The fourth-order valence-electron chi connectivity index (χ4n) is 3.09. The molecule has 0 radical (unpaired) electrons. The maximum Gasteiger partial charge on any atom is 0.288 e. The van der Waals surface area contributed by atoms with Crippen LogP contribution in [0.3, 0.4) is 0 Å². The third kappa shape index (κ3) is 4.73. The Labute approximate surface area is 186 Å². The van der Waals surface area contributed by atoms with Gasteiger partial charge in [0, 0.05) is 29.6 Å². The van der Waals surface area contributed by atoms with E-state index >= 15 is 0 Å². The van der Waals surface area contributed by atoms with Crippen LogP contribution >= 0.6 is 23.6 Å². The van der Waals surface area contributed by atoms with E-state index in [1.54, 1.807) is 40.3 Å². The van der Waals surface area contributed by atoms with E-state index in [4.69, 9.17) is 16.6 Å². The third-order valence-corrected chi connectivity index (χ3v) is 8.39. The average Bonchev–Trinajstić information content (AvgIpc) is 3.39. The van der Waals surface area contributed by atoms with Crippen molar-refractivity contribution >= 4 is 33.6 Å². The Hall–Kier alpha value is -1.85. The lowest BCUT2D eigenvalue weighted by Crippen LogP contribution is -2.30. The first-order valence-corrected chi connectivity index (χ1v) is 12.4. The van der Waals surface area contributed by atoms with Crippen molar-refractivity contribution in [3.8, 4) is 11.5 Å². The highest BCUT2D eigenvalue weighted by Crippen LogP contribution is 2.26. The van der Waals surface area contributed by atoms with Crippen LogP contribution in [0.2, 0.25) is 0 Å². The Balaban J connectivity index is 1.86. The van der Waals surface area contributed by atoms with Crippen molar-refractivity contribution in [1.29, 1.82) is 0 Å². The monoisotopic (exact) mass is 466 g/mol. The number of nitrogens with zero attached hydrogens (tertiary/aromatic N) is 4. The Kier molecular flexibility index (Phi) is 7.25. The minimum absolute atomic E-state index is 0.203. The molecule has 0 aliphatic carbocycles. The molecule has 1 unspecified atom stereocenters. The number of hydrogen-bond acceptors (Lipinski definition) is 7. The number of rotatable bonds is 9. The SMILES string of the molecule is CCN(CC)S(=O)(=O)c1cccc(-c2nn(CN(C)C(C)c3cccs3)c(=S)o2)c1. The van der Waals surface area contributed by atoms with Crippen LogP contribution in [0.25, 0.3) is 11.5 Å². The smallest absolute Gasteiger partial charge is 0.288 e. The highest BCUT2D eigenvalue weighted by atomic mass is 32.2. The Bertz CT molecular complexity index is 1130. The van der Waals surface area contributed by atoms with Crippen molar-refractivity contribution in [2.75, 3.05) is 20.1 Å². The van der Waals surface area contributed by atoms with Crippen molar-refractivity contribution in [3.05, 3.63) is 51.5 Å². The van der Waals surface area contributed by atoms with Crippen LogP contribution in [-0.2, 0) is 16.7 Å². The van der Waals surface area contributed by atoms with Crippen LogP contribution in [0.4, 0.5) is 0 Å². The molecule has 2 heterocycles. The first-order valence-electron chi connectivity index (χ1n) is 9.70. The fourth-order valence-corrected chi connectivity index (χ4v) is 5.62. The van der Waals surface area contributed by atoms with Crippen LogP contribution in [0, 0.1) is 4.84 Å². The molecule has 10 heteroatoms. The maximum absolute atomic E-state index is 12.8. The van der Waals surface area contributed by atoms with Crippen LogP contribution in [0.15, 0.2) is 51.1 Å². The summed E-state index contributed by atoms with van der Waals surface area (Å²) in [6, 6.07) is 11.0. The van der Waals surface area contributed by atoms with Gasteiger partial charge in [-0.2, -0.15) is 4.31 Å². The normalized spacial score (nSPS) is 13.3. The lowest BCUT2D eigenvalue weighted by atomic mass is 10.2. The van der Waals surface area contributed by atoms with Gasteiger partial charge in [-0.25, -0.2) is 13.1 Å².